The monoisotopic (exact) mass is 607 g/mol. The molecule has 7 rings (SSSR count). The van der Waals surface area contributed by atoms with Gasteiger partial charge in [0.05, 0.1) is 17.7 Å². The number of likely N-dealkylation sites (tertiary alicyclic amines) is 1. The van der Waals surface area contributed by atoms with E-state index in [-0.39, 0.29) is 18.0 Å². The van der Waals surface area contributed by atoms with Crippen molar-refractivity contribution in [3.8, 4) is 0 Å². The lowest BCUT2D eigenvalue weighted by atomic mass is 9.77. The number of hydrogen-bond acceptors (Lipinski definition) is 6. The average Bonchev–Trinajstić information content (AvgIpc) is 3.75. The first kappa shape index (κ1) is 30.2. The molecule has 0 amide bonds. The van der Waals surface area contributed by atoms with Crippen LogP contribution in [0.25, 0.3) is 0 Å². The molecule has 7 heteroatoms. The summed E-state index contributed by atoms with van der Waals surface area (Å²) in [6, 6.07) is 22.2. The van der Waals surface area contributed by atoms with Crippen LogP contribution >= 0.6 is 0 Å². The number of hydrogen-bond donors (Lipinski definition) is 3. The van der Waals surface area contributed by atoms with Gasteiger partial charge in [-0.25, -0.2) is 4.98 Å². The number of rotatable bonds is 12. The van der Waals surface area contributed by atoms with Gasteiger partial charge in [0.1, 0.15) is 5.82 Å². The maximum absolute atomic E-state index is 11.7. The number of nitrogens with one attached hydrogen (secondary N) is 2. The number of aromatic nitrogens is 2. The minimum Gasteiger partial charge on any atom is -0.481 e. The second kappa shape index (κ2) is 13.9. The first-order valence-corrected chi connectivity index (χ1v) is 17.6. The van der Waals surface area contributed by atoms with Gasteiger partial charge in [-0.2, -0.15) is 4.98 Å². The molecule has 3 N–H and O–H groups in total. The van der Waals surface area contributed by atoms with Crippen molar-refractivity contribution in [1.82, 2.24) is 14.9 Å². The van der Waals surface area contributed by atoms with E-state index in [1.807, 2.05) is 0 Å². The molecule has 3 aliphatic carbocycles. The normalized spacial score (nSPS) is 24.8. The van der Waals surface area contributed by atoms with Gasteiger partial charge in [-0.15, -0.1) is 0 Å². The van der Waals surface area contributed by atoms with Crippen LogP contribution in [-0.4, -0.2) is 51.6 Å². The molecule has 7 nitrogen and oxygen atoms in total. The molecule has 2 aromatic carbocycles. The van der Waals surface area contributed by atoms with Crippen LogP contribution in [0, 0.1) is 17.8 Å². The fourth-order valence-corrected chi connectivity index (χ4v) is 8.13. The van der Waals surface area contributed by atoms with Gasteiger partial charge in [0.15, 0.2) is 0 Å². The molecule has 1 aromatic heterocycles. The molecule has 3 fully saturated rings. The van der Waals surface area contributed by atoms with Crippen LogP contribution in [0.15, 0.2) is 60.7 Å². The molecule has 0 unspecified atom stereocenters. The van der Waals surface area contributed by atoms with Gasteiger partial charge in [0, 0.05) is 18.2 Å². The standard InChI is InChI=1S/C38H49N5O2/c44-37(45)30-17-15-29(16-18-30)34(23-26-13-14-26)41-38-40-33-20-19-31(27-9-3-1-4-10-27)24-32(33)36(42-38)39-35(25-43-21-7-8-22-43)28-11-5-2-6-12-28/h1-6,9-12,26,29-31,34-35H,7-8,13-25H2,(H,44,45)(H2,39,40,41,42)/t29?,30?,31-,34-,35+/m1/s1. The molecular formula is C38H49N5O2. The Morgan fingerprint density at radius 1 is 0.867 bits per heavy atom. The highest BCUT2D eigenvalue weighted by Crippen LogP contribution is 2.41. The van der Waals surface area contributed by atoms with Crippen LogP contribution in [0.2, 0.25) is 0 Å². The van der Waals surface area contributed by atoms with E-state index < -0.39 is 5.97 Å². The Morgan fingerprint density at radius 2 is 1.58 bits per heavy atom. The lowest BCUT2D eigenvalue weighted by molar-refractivity contribution is -0.143. The molecule has 1 aliphatic heterocycles. The van der Waals surface area contributed by atoms with Gasteiger partial charge in [-0.05, 0) is 106 Å². The van der Waals surface area contributed by atoms with E-state index in [0.717, 1.165) is 88.7 Å². The van der Waals surface area contributed by atoms with E-state index >= 15 is 0 Å². The molecule has 0 radical (unpaired) electrons. The van der Waals surface area contributed by atoms with Gasteiger partial charge in [0.2, 0.25) is 5.95 Å². The Labute approximate surface area is 268 Å². The fourth-order valence-electron chi connectivity index (χ4n) is 8.13. The maximum atomic E-state index is 11.7. The van der Waals surface area contributed by atoms with Crippen molar-refractivity contribution >= 4 is 17.7 Å². The number of aliphatic carboxylic acids is 1. The van der Waals surface area contributed by atoms with E-state index in [0.29, 0.717) is 11.8 Å². The number of carboxylic acids is 1. The fraction of sp³-hybridized carbons (Fsp3) is 0.553. The van der Waals surface area contributed by atoms with E-state index in [1.54, 1.807) is 0 Å². The van der Waals surface area contributed by atoms with E-state index in [2.05, 4.69) is 76.2 Å². The van der Waals surface area contributed by atoms with Crippen molar-refractivity contribution in [1.29, 1.82) is 0 Å². The molecule has 3 atom stereocenters. The molecule has 45 heavy (non-hydrogen) atoms. The van der Waals surface area contributed by atoms with Crippen LogP contribution in [0.4, 0.5) is 11.8 Å². The third-order valence-electron chi connectivity index (χ3n) is 11.0. The third-order valence-corrected chi connectivity index (χ3v) is 11.0. The largest absolute Gasteiger partial charge is 0.481 e. The second-order valence-electron chi connectivity index (χ2n) is 14.2. The van der Waals surface area contributed by atoms with Gasteiger partial charge < -0.3 is 20.6 Å². The van der Waals surface area contributed by atoms with E-state index in [9.17, 15) is 9.90 Å². The number of nitrogens with zero attached hydrogens (tertiary/aromatic N) is 3. The third kappa shape index (κ3) is 7.51. The van der Waals surface area contributed by atoms with Gasteiger partial charge in [-0.1, -0.05) is 73.5 Å². The topological polar surface area (TPSA) is 90.4 Å². The summed E-state index contributed by atoms with van der Waals surface area (Å²) < 4.78 is 0. The molecule has 0 spiro atoms. The summed E-state index contributed by atoms with van der Waals surface area (Å²) in [4.78, 5) is 24.8. The van der Waals surface area contributed by atoms with Crippen molar-refractivity contribution in [2.24, 2.45) is 17.8 Å². The zero-order valence-corrected chi connectivity index (χ0v) is 26.5. The molecule has 4 aliphatic rings. The SMILES string of the molecule is O=C(O)C1CCC([C@@H](CC2CC2)Nc2nc3c(c(N[C@@H](CN4CCCC4)c4ccccc4)n2)C[C@H](c2ccccc2)CC3)CC1. The highest BCUT2D eigenvalue weighted by Gasteiger charge is 2.35. The molecule has 2 saturated carbocycles. The second-order valence-corrected chi connectivity index (χ2v) is 14.2. The number of anilines is 2. The zero-order chi connectivity index (χ0) is 30.6. The smallest absolute Gasteiger partial charge is 0.306 e. The van der Waals surface area contributed by atoms with Crippen molar-refractivity contribution in [3.63, 3.8) is 0 Å². The molecule has 1 saturated heterocycles. The van der Waals surface area contributed by atoms with Gasteiger partial charge >= 0.3 is 5.97 Å². The quantitative estimate of drug-likeness (QED) is 0.197. The number of aryl methyl sites for hydroxylation is 1. The van der Waals surface area contributed by atoms with E-state index in [1.165, 1.54) is 48.1 Å². The van der Waals surface area contributed by atoms with Crippen LogP contribution in [0.3, 0.4) is 0 Å². The first-order chi connectivity index (χ1) is 22.1. The number of fused-ring (bicyclic) bond motifs is 1. The maximum Gasteiger partial charge on any atom is 0.306 e. The Morgan fingerprint density at radius 3 is 2.27 bits per heavy atom. The summed E-state index contributed by atoms with van der Waals surface area (Å²) >= 11 is 0. The average molecular weight is 608 g/mol. The highest BCUT2D eigenvalue weighted by atomic mass is 16.4. The van der Waals surface area contributed by atoms with Crippen molar-refractivity contribution in [2.45, 2.75) is 95.1 Å². The van der Waals surface area contributed by atoms with Crippen LogP contribution in [0.5, 0.6) is 0 Å². The lowest BCUT2D eigenvalue weighted by Gasteiger charge is -2.34. The minimum atomic E-state index is -0.635. The predicted octanol–water partition coefficient (Wildman–Crippen LogP) is 7.47. The minimum absolute atomic E-state index is 0.141. The molecule has 2 heterocycles. The van der Waals surface area contributed by atoms with Crippen LogP contribution < -0.4 is 10.6 Å². The van der Waals surface area contributed by atoms with Crippen molar-refractivity contribution in [2.75, 3.05) is 30.3 Å². The van der Waals surface area contributed by atoms with Crippen molar-refractivity contribution in [3.05, 3.63) is 83.0 Å². The Kier molecular flexibility index (Phi) is 9.33. The van der Waals surface area contributed by atoms with Crippen LogP contribution in [0.1, 0.15) is 98.6 Å². The summed E-state index contributed by atoms with van der Waals surface area (Å²) in [6.45, 7) is 3.27. The summed E-state index contributed by atoms with van der Waals surface area (Å²) in [7, 11) is 0. The first-order valence-electron chi connectivity index (χ1n) is 17.6. The molecule has 238 valence electrons. The molecule has 0 bridgehead atoms. The van der Waals surface area contributed by atoms with Crippen molar-refractivity contribution < 1.29 is 9.90 Å². The summed E-state index contributed by atoms with van der Waals surface area (Å²) in [5, 5.41) is 17.4. The van der Waals surface area contributed by atoms with Gasteiger partial charge in [0.25, 0.3) is 0 Å². The summed E-state index contributed by atoms with van der Waals surface area (Å²) in [5.41, 5.74) is 5.14. The number of carboxylic acid groups (broad SMARTS) is 1. The zero-order valence-electron chi connectivity index (χ0n) is 26.5. The van der Waals surface area contributed by atoms with Crippen LogP contribution in [-0.2, 0) is 17.6 Å². The number of benzene rings is 2. The summed E-state index contributed by atoms with van der Waals surface area (Å²) in [5.74, 6) is 2.59. The van der Waals surface area contributed by atoms with Gasteiger partial charge in [-0.3, -0.25) is 4.79 Å². The Hall–Kier alpha value is -3.45. The molecular weight excluding hydrogens is 558 g/mol. The number of carbonyl (C=O) groups is 1. The lowest BCUT2D eigenvalue weighted by Crippen LogP contribution is -2.35. The van der Waals surface area contributed by atoms with E-state index in [4.69, 9.17) is 9.97 Å². The predicted molar refractivity (Wildman–Crippen MR) is 180 cm³/mol. The highest BCUT2D eigenvalue weighted by molar-refractivity contribution is 5.70. The summed E-state index contributed by atoms with van der Waals surface area (Å²) in [6.07, 6.45) is 12.7. The Balaban J connectivity index is 1.19. The molecule has 3 aromatic rings. The Bertz CT molecular complexity index is 1410.